The van der Waals surface area contributed by atoms with E-state index in [1.54, 1.807) is 12.1 Å². The van der Waals surface area contributed by atoms with Gasteiger partial charge >= 0.3 is 0 Å². The van der Waals surface area contributed by atoms with Gasteiger partial charge in [0.15, 0.2) is 5.90 Å². The van der Waals surface area contributed by atoms with Gasteiger partial charge in [-0.1, -0.05) is 26.0 Å². The highest BCUT2D eigenvalue weighted by Gasteiger charge is 2.25. The molecule has 0 atom stereocenters. The van der Waals surface area contributed by atoms with Crippen LogP contribution in [0.25, 0.3) is 0 Å². The number of rotatable bonds is 3. The Bertz CT molecular complexity index is 343. The van der Waals surface area contributed by atoms with E-state index in [0.29, 0.717) is 6.42 Å². The molecule has 0 radical (unpaired) electrons. The third-order valence-electron chi connectivity index (χ3n) is 2.38. The van der Waals surface area contributed by atoms with Crippen molar-refractivity contribution in [1.82, 2.24) is 0 Å². The van der Waals surface area contributed by atoms with Crippen molar-refractivity contribution >= 4 is 5.90 Å². The number of methoxy groups -OCH3 is 1. The lowest BCUT2D eigenvalue weighted by atomic mass is 9.85. The zero-order valence-electron chi connectivity index (χ0n) is 9.30. The number of halogens is 1. The highest BCUT2D eigenvalue weighted by atomic mass is 19.1. The molecule has 2 nitrogen and oxygen atoms in total. The van der Waals surface area contributed by atoms with Crippen molar-refractivity contribution in [1.29, 1.82) is 5.41 Å². The SMILES string of the molecule is COC(=N)C(C)(C)Cc1ccc(F)cc1. The monoisotopic (exact) mass is 209 g/mol. The van der Waals surface area contributed by atoms with Crippen molar-refractivity contribution in [3.05, 3.63) is 35.6 Å². The fourth-order valence-electron chi connectivity index (χ4n) is 1.47. The lowest BCUT2D eigenvalue weighted by Crippen LogP contribution is -2.27. The molecule has 0 fully saturated rings. The van der Waals surface area contributed by atoms with Crippen molar-refractivity contribution in [2.75, 3.05) is 7.11 Å². The average molecular weight is 209 g/mol. The molecule has 82 valence electrons. The Morgan fingerprint density at radius 3 is 2.33 bits per heavy atom. The second-order valence-corrected chi connectivity index (χ2v) is 4.22. The van der Waals surface area contributed by atoms with Crippen LogP contribution in [0.4, 0.5) is 4.39 Å². The topological polar surface area (TPSA) is 33.1 Å². The predicted molar refractivity (Wildman–Crippen MR) is 58.6 cm³/mol. The van der Waals surface area contributed by atoms with Gasteiger partial charge in [-0.3, -0.25) is 5.41 Å². The molecule has 3 heteroatoms. The molecular formula is C12H16FNO. The molecule has 1 aromatic rings. The summed E-state index contributed by atoms with van der Waals surface area (Å²) in [6.07, 6.45) is 0.667. The average Bonchev–Trinajstić information content (AvgIpc) is 2.20. The lowest BCUT2D eigenvalue weighted by molar-refractivity contribution is 0.317. The molecule has 1 aromatic carbocycles. The van der Waals surface area contributed by atoms with E-state index in [1.807, 2.05) is 13.8 Å². The summed E-state index contributed by atoms with van der Waals surface area (Å²) in [5.41, 5.74) is 0.648. The highest BCUT2D eigenvalue weighted by Crippen LogP contribution is 2.23. The molecule has 0 spiro atoms. The molecule has 0 aliphatic rings. The Morgan fingerprint density at radius 1 is 1.33 bits per heavy atom. The molecule has 0 heterocycles. The third kappa shape index (κ3) is 3.05. The van der Waals surface area contributed by atoms with Crippen molar-refractivity contribution in [2.45, 2.75) is 20.3 Å². The second-order valence-electron chi connectivity index (χ2n) is 4.22. The van der Waals surface area contributed by atoms with Crippen LogP contribution in [-0.2, 0) is 11.2 Å². The second kappa shape index (κ2) is 4.43. The number of benzene rings is 1. The summed E-state index contributed by atoms with van der Waals surface area (Å²) >= 11 is 0. The summed E-state index contributed by atoms with van der Waals surface area (Å²) in [6, 6.07) is 6.34. The standard InChI is InChI=1S/C12H16FNO/c1-12(2,11(14)15-3)8-9-4-6-10(13)7-5-9/h4-7,14H,8H2,1-3H3. The van der Waals surface area contributed by atoms with E-state index in [0.717, 1.165) is 5.56 Å². The molecule has 0 aliphatic carbocycles. The van der Waals surface area contributed by atoms with E-state index in [2.05, 4.69) is 0 Å². The molecule has 0 unspecified atom stereocenters. The maximum absolute atomic E-state index is 12.7. The van der Waals surface area contributed by atoms with Crippen LogP contribution in [0.3, 0.4) is 0 Å². The van der Waals surface area contributed by atoms with E-state index in [9.17, 15) is 4.39 Å². The minimum atomic E-state index is -0.355. The zero-order chi connectivity index (χ0) is 11.5. The molecule has 0 aliphatic heterocycles. The molecule has 0 amide bonds. The Labute approximate surface area is 89.6 Å². The van der Waals surface area contributed by atoms with E-state index in [4.69, 9.17) is 10.1 Å². The van der Waals surface area contributed by atoms with Crippen LogP contribution in [-0.4, -0.2) is 13.0 Å². The first-order valence-corrected chi connectivity index (χ1v) is 4.83. The van der Waals surface area contributed by atoms with Gasteiger partial charge in [-0.25, -0.2) is 4.39 Å². The quantitative estimate of drug-likeness (QED) is 0.602. The number of hydrogen-bond acceptors (Lipinski definition) is 2. The van der Waals surface area contributed by atoms with Gasteiger partial charge in [0.25, 0.3) is 0 Å². The normalized spacial score (nSPS) is 11.2. The summed E-state index contributed by atoms with van der Waals surface area (Å²) in [6.45, 7) is 3.87. The Kier molecular flexibility index (Phi) is 3.45. The molecule has 1 rings (SSSR count). The molecule has 1 N–H and O–H groups in total. The maximum Gasteiger partial charge on any atom is 0.186 e. The number of nitrogens with one attached hydrogen (secondary N) is 1. The van der Waals surface area contributed by atoms with Gasteiger partial charge < -0.3 is 4.74 Å². The third-order valence-corrected chi connectivity index (χ3v) is 2.38. The largest absolute Gasteiger partial charge is 0.484 e. The maximum atomic E-state index is 12.7. The molecule has 0 aromatic heterocycles. The number of hydrogen-bond donors (Lipinski definition) is 1. The first kappa shape index (κ1) is 11.7. The fourth-order valence-corrected chi connectivity index (χ4v) is 1.47. The van der Waals surface area contributed by atoms with Crippen LogP contribution >= 0.6 is 0 Å². The minimum Gasteiger partial charge on any atom is -0.484 e. The van der Waals surface area contributed by atoms with Crippen LogP contribution < -0.4 is 0 Å². The summed E-state index contributed by atoms with van der Waals surface area (Å²) < 4.78 is 17.6. The molecule has 0 saturated heterocycles. The fraction of sp³-hybridized carbons (Fsp3) is 0.417. The van der Waals surface area contributed by atoms with Gasteiger partial charge in [-0.15, -0.1) is 0 Å². The van der Waals surface area contributed by atoms with Gasteiger partial charge in [0.1, 0.15) is 5.82 Å². The first-order chi connectivity index (χ1) is 6.95. The summed E-state index contributed by atoms with van der Waals surface area (Å²) in [5.74, 6) is 0.00481. The van der Waals surface area contributed by atoms with Crippen LogP contribution in [0, 0.1) is 16.6 Å². The molecule has 15 heavy (non-hydrogen) atoms. The molecular weight excluding hydrogens is 193 g/mol. The Balaban J connectivity index is 2.77. The van der Waals surface area contributed by atoms with Crippen LogP contribution in [0.2, 0.25) is 0 Å². The van der Waals surface area contributed by atoms with Gasteiger partial charge in [0.2, 0.25) is 0 Å². The van der Waals surface area contributed by atoms with Gasteiger partial charge in [-0.05, 0) is 24.1 Å². The van der Waals surface area contributed by atoms with Crippen LogP contribution in [0.15, 0.2) is 24.3 Å². The Morgan fingerprint density at radius 2 is 1.87 bits per heavy atom. The summed E-state index contributed by atoms with van der Waals surface area (Å²) in [5, 5.41) is 7.64. The zero-order valence-corrected chi connectivity index (χ0v) is 9.30. The van der Waals surface area contributed by atoms with Crippen LogP contribution in [0.5, 0.6) is 0 Å². The Hall–Kier alpha value is -1.38. The van der Waals surface area contributed by atoms with Gasteiger partial charge in [0, 0.05) is 5.41 Å². The summed E-state index contributed by atoms with van der Waals surface area (Å²) in [4.78, 5) is 0. The van der Waals surface area contributed by atoms with Crippen molar-refractivity contribution < 1.29 is 9.13 Å². The van der Waals surface area contributed by atoms with Crippen molar-refractivity contribution in [3.63, 3.8) is 0 Å². The highest BCUT2D eigenvalue weighted by molar-refractivity contribution is 5.78. The van der Waals surface area contributed by atoms with Crippen molar-refractivity contribution in [3.8, 4) is 0 Å². The lowest BCUT2D eigenvalue weighted by Gasteiger charge is -2.24. The molecule has 0 saturated carbocycles. The first-order valence-electron chi connectivity index (χ1n) is 4.83. The van der Waals surface area contributed by atoms with Gasteiger partial charge in [0.05, 0.1) is 7.11 Å². The molecule has 0 bridgehead atoms. The minimum absolute atomic E-state index is 0.238. The summed E-state index contributed by atoms with van der Waals surface area (Å²) in [7, 11) is 1.49. The van der Waals surface area contributed by atoms with E-state index < -0.39 is 0 Å². The van der Waals surface area contributed by atoms with Crippen LogP contribution in [0.1, 0.15) is 19.4 Å². The van der Waals surface area contributed by atoms with E-state index in [-0.39, 0.29) is 17.1 Å². The number of ether oxygens (including phenoxy) is 1. The van der Waals surface area contributed by atoms with E-state index in [1.165, 1.54) is 19.2 Å². The predicted octanol–water partition coefficient (Wildman–Crippen LogP) is 3.02. The smallest absolute Gasteiger partial charge is 0.186 e. The van der Waals surface area contributed by atoms with Gasteiger partial charge in [-0.2, -0.15) is 0 Å². The van der Waals surface area contributed by atoms with E-state index >= 15 is 0 Å². The van der Waals surface area contributed by atoms with Crippen molar-refractivity contribution in [2.24, 2.45) is 5.41 Å².